The van der Waals surface area contributed by atoms with Gasteiger partial charge in [0, 0.05) is 51.9 Å². The first-order valence-corrected chi connectivity index (χ1v) is 11.7. The number of anilines is 1. The second-order valence-corrected chi connectivity index (χ2v) is 9.20. The smallest absolute Gasteiger partial charge is 0.243 e. The number of hydrogen-bond acceptors (Lipinski definition) is 6. The molecule has 2 amide bonds. The SMILES string of the molecule is CCOCCCNC(=O)[C@H]1Cc2cc(S(=O)(=O)N3CCOCC3)ccc2N1C(C)=O. The molecular formula is C20H29N3O6S. The van der Waals surface area contributed by atoms with Crippen LogP contribution in [0.2, 0.25) is 0 Å². The Morgan fingerprint density at radius 2 is 2.00 bits per heavy atom. The van der Waals surface area contributed by atoms with Crippen molar-refractivity contribution in [3.63, 3.8) is 0 Å². The zero-order valence-electron chi connectivity index (χ0n) is 17.4. The minimum absolute atomic E-state index is 0.171. The first-order chi connectivity index (χ1) is 14.4. The topological polar surface area (TPSA) is 105 Å². The molecule has 0 radical (unpaired) electrons. The molecule has 2 aliphatic rings. The highest BCUT2D eigenvalue weighted by Gasteiger charge is 2.38. The average molecular weight is 440 g/mol. The summed E-state index contributed by atoms with van der Waals surface area (Å²) in [6.45, 7) is 6.31. The van der Waals surface area contributed by atoms with Crippen molar-refractivity contribution in [1.29, 1.82) is 0 Å². The standard InChI is InChI=1S/C20H29N3O6S/c1-3-28-10-4-7-21-20(25)19-14-16-13-17(5-6-18(16)23(19)15(2)24)30(26,27)22-8-11-29-12-9-22/h5-6,13,19H,3-4,7-12,14H2,1-2H3,(H,21,25)/t19-/m1/s1. The zero-order chi connectivity index (χ0) is 21.7. The van der Waals surface area contributed by atoms with E-state index in [0.29, 0.717) is 63.7 Å². The van der Waals surface area contributed by atoms with Gasteiger partial charge in [-0.1, -0.05) is 0 Å². The van der Waals surface area contributed by atoms with E-state index in [9.17, 15) is 18.0 Å². The molecule has 0 aliphatic carbocycles. The maximum absolute atomic E-state index is 12.9. The van der Waals surface area contributed by atoms with E-state index in [2.05, 4.69) is 5.32 Å². The highest BCUT2D eigenvalue weighted by atomic mass is 32.2. The Balaban J connectivity index is 1.76. The lowest BCUT2D eigenvalue weighted by Gasteiger charge is -2.26. The molecular weight excluding hydrogens is 410 g/mol. The number of carbonyl (C=O) groups is 2. The van der Waals surface area contributed by atoms with Gasteiger partial charge in [-0.25, -0.2) is 8.42 Å². The summed E-state index contributed by atoms with van der Waals surface area (Å²) in [5.41, 5.74) is 1.26. The lowest BCUT2D eigenvalue weighted by molar-refractivity contribution is -0.125. The number of amides is 2. The Hall–Kier alpha value is -2.01. The molecule has 10 heteroatoms. The number of carbonyl (C=O) groups excluding carboxylic acids is 2. The Morgan fingerprint density at radius 1 is 1.27 bits per heavy atom. The minimum Gasteiger partial charge on any atom is -0.382 e. The Kier molecular flexibility index (Phi) is 7.45. The van der Waals surface area contributed by atoms with Gasteiger partial charge in [0.15, 0.2) is 0 Å². The molecule has 1 aromatic rings. The Labute approximate surface area is 177 Å². The van der Waals surface area contributed by atoms with Gasteiger partial charge in [0.2, 0.25) is 21.8 Å². The van der Waals surface area contributed by atoms with Crippen LogP contribution in [-0.2, 0) is 35.5 Å². The van der Waals surface area contributed by atoms with E-state index in [1.165, 1.54) is 22.2 Å². The number of sulfonamides is 1. The van der Waals surface area contributed by atoms with Gasteiger partial charge < -0.3 is 14.8 Å². The minimum atomic E-state index is -3.65. The molecule has 2 heterocycles. The van der Waals surface area contributed by atoms with Crippen LogP contribution >= 0.6 is 0 Å². The van der Waals surface area contributed by atoms with Crippen LogP contribution in [0, 0.1) is 0 Å². The first-order valence-electron chi connectivity index (χ1n) is 10.2. The van der Waals surface area contributed by atoms with Gasteiger partial charge in [0.05, 0.1) is 18.1 Å². The lowest BCUT2D eigenvalue weighted by Crippen LogP contribution is -2.47. The number of rotatable bonds is 8. The maximum atomic E-state index is 12.9. The summed E-state index contributed by atoms with van der Waals surface area (Å²) < 4.78 is 37.8. The zero-order valence-corrected chi connectivity index (χ0v) is 18.2. The molecule has 0 spiro atoms. The van der Waals surface area contributed by atoms with Crippen molar-refractivity contribution >= 4 is 27.5 Å². The molecule has 2 aliphatic heterocycles. The van der Waals surface area contributed by atoms with Crippen LogP contribution in [0.1, 0.15) is 25.8 Å². The molecule has 1 atom stereocenters. The fraction of sp³-hybridized carbons (Fsp3) is 0.600. The van der Waals surface area contributed by atoms with Crippen LogP contribution in [0.15, 0.2) is 23.1 Å². The molecule has 1 saturated heterocycles. The van der Waals surface area contributed by atoms with E-state index >= 15 is 0 Å². The number of fused-ring (bicyclic) bond motifs is 1. The van der Waals surface area contributed by atoms with Gasteiger partial charge in [-0.15, -0.1) is 0 Å². The first kappa shape index (κ1) is 22.7. The predicted molar refractivity (Wildman–Crippen MR) is 111 cm³/mol. The molecule has 3 rings (SSSR count). The van der Waals surface area contributed by atoms with E-state index in [0.717, 1.165) is 0 Å². The molecule has 0 aromatic heterocycles. The van der Waals surface area contributed by atoms with E-state index in [4.69, 9.17) is 9.47 Å². The molecule has 1 fully saturated rings. The molecule has 30 heavy (non-hydrogen) atoms. The van der Waals surface area contributed by atoms with E-state index in [1.54, 1.807) is 12.1 Å². The van der Waals surface area contributed by atoms with Crippen molar-refractivity contribution in [3.05, 3.63) is 23.8 Å². The summed E-state index contributed by atoms with van der Waals surface area (Å²) in [4.78, 5) is 26.6. The van der Waals surface area contributed by atoms with Crippen molar-refractivity contribution in [2.24, 2.45) is 0 Å². The summed E-state index contributed by atoms with van der Waals surface area (Å²) in [6, 6.07) is 4.01. The summed E-state index contributed by atoms with van der Waals surface area (Å²) in [6.07, 6.45) is 0.958. The van der Waals surface area contributed by atoms with E-state index in [-0.39, 0.29) is 23.1 Å². The number of benzene rings is 1. The van der Waals surface area contributed by atoms with Crippen molar-refractivity contribution in [1.82, 2.24) is 9.62 Å². The second-order valence-electron chi connectivity index (χ2n) is 7.26. The fourth-order valence-electron chi connectivity index (χ4n) is 3.77. The maximum Gasteiger partial charge on any atom is 0.243 e. The predicted octanol–water partition coefficient (Wildman–Crippen LogP) is 0.528. The summed E-state index contributed by atoms with van der Waals surface area (Å²) in [5.74, 6) is -0.512. The van der Waals surface area contributed by atoms with Crippen LogP contribution in [0.3, 0.4) is 0 Å². The third-order valence-electron chi connectivity index (χ3n) is 5.25. The van der Waals surface area contributed by atoms with E-state index < -0.39 is 16.1 Å². The van der Waals surface area contributed by atoms with Crippen LogP contribution in [0.25, 0.3) is 0 Å². The average Bonchev–Trinajstić information content (AvgIpc) is 3.13. The molecule has 0 unspecified atom stereocenters. The van der Waals surface area contributed by atoms with Gasteiger partial charge in [-0.05, 0) is 37.1 Å². The highest BCUT2D eigenvalue weighted by Crippen LogP contribution is 2.35. The Bertz CT molecular complexity index is 883. The highest BCUT2D eigenvalue weighted by molar-refractivity contribution is 7.89. The van der Waals surface area contributed by atoms with Crippen LogP contribution in [0.4, 0.5) is 5.69 Å². The van der Waals surface area contributed by atoms with Gasteiger partial charge in [-0.3, -0.25) is 14.5 Å². The molecule has 166 valence electrons. The van der Waals surface area contributed by atoms with Crippen LogP contribution in [-0.4, -0.2) is 76.6 Å². The summed E-state index contributed by atoms with van der Waals surface area (Å²) in [7, 11) is -3.65. The molecule has 1 aromatic carbocycles. The van der Waals surface area contributed by atoms with Gasteiger partial charge in [0.25, 0.3) is 0 Å². The summed E-state index contributed by atoms with van der Waals surface area (Å²) >= 11 is 0. The third-order valence-corrected chi connectivity index (χ3v) is 7.15. The number of hydrogen-bond donors (Lipinski definition) is 1. The summed E-state index contributed by atoms with van der Waals surface area (Å²) in [5, 5.41) is 2.85. The fourth-order valence-corrected chi connectivity index (χ4v) is 5.23. The molecule has 0 saturated carbocycles. The van der Waals surface area contributed by atoms with Crippen molar-refractivity contribution in [3.8, 4) is 0 Å². The number of ether oxygens (including phenoxy) is 2. The number of nitrogens with one attached hydrogen (secondary N) is 1. The van der Waals surface area contributed by atoms with Crippen LogP contribution in [0.5, 0.6) is 0 Å². The van der Waals surface area contributed by atoms with Crippen molar-refractivity contribution in [2.75, 3.05) is 51.0 Å². The van der Waals surface area contributed by atoms with Crippen molar-refractivity contribution < 1.29 is 27.5 Å². The van der Waals surface area contributed by atoms with Gasteiger partial charge >= 0.3 is 0 Å². The van der Waals surface area contributed by atoms with Crippen molar-refractivity contribution in [2.45, 2.75) is 37.6 Å². The van der Waals surface area contributed by atoms with E-state index in [1.807, 2.05) is 6.92 Å². The largest absolute Gasteiger partial charge is 0.382 e. The molecule has 1 N–H and O–H groups in total. The third kappa shape index (κ3) is 4.83. The molecule has 0 bridgehead atoms. The van der Waals surface area contributed by atoms with Gasteiger partial charge in [-0.2, -0.15) is 4.31 Å². The molecule has 9 nitrogen and oxygen atoms in total. The number of morpholine rings is 1. The van der Waals surface area contributed by atoms with Crippen LogP contribution < -0.4 is 10.2 Å². The normalized spacial score (nSPS) is 19.5. The lowest BCUT2D eigenvalue weighted by atomic mass is 10.1. The second kappa shape index (κ2) is 9.86. The monoisotopic (exact) mass is 439 g/mol. The van der Waals surface area contributed by atoms with Gasteiger partial charge in [0.1, 0.15) is 6.04 Å². The quantitative estimate of drug-likeness (QED) is 0.593. The number of nitrogens with zero attached hydrogens (tertiary/aromatic N) is 2. The Morgan fingerprint density at radius 3 is 2.67 bits per heavy atom.